The average molecular weight is 622 g/mol. The van der Waals surface area contributed by atoms with Crippen LogP contribution in [0.3, 0.4) is 0 Å². The van der Waals surface area contributed by atoms with E-state index in [1.54, 1.807) is 72.8 Å². The molecule has 0 heterocycles. The lowest BCUT2D eigenvalue weighted by molar-refractivity contribution is -0.384. The van der Waals surface area contributed by atoms with Crippen molar-refractivity contribution in [1.29, 1.82) is 0 Å². The van der Waals surface area contributed by atoms with Crippen LogP contribution in [-0.4, -0.2) is 28.4 Å². The highest BCUT2D eigenvalue weighted by atomic mass is 35.5. The van der Waals surface area contributed by atoms with Gasteiger partial charge in [0.25, 0.3) is 17.5 Å². The van der Waals surface area contributed by atoms with Crippen LogP contribution < -0.4 is 16.0 Å². The molecular weight excluding hydrogens is 599 g/mol. The van der Waals surface area contributed by atoms with Crippen LogP contribution in [0.2, 0.25) is 10.0 Å². The van der Waals surface area contributed by atoms with Gasteiger partial charge in [0.1, 0.15) is 5.70 Å². The molecule has 0 saturated carbocycles. The second kappa shape index (κ2) is 14.3. The molecule has 4 aromatic rings. The number of anilines is 2. The Bertz CT molecular complexity index is 1660. The van der Waals surface area contributed by atoms with Gasteiger partial charge in [-0.25, -0.2) is 0 Å². The second-order valence-corrected chi connectivity index (χ2v) is 10.5. The second-order valence-electron chi connectivity index (χ2n) is 8.65. The average Bonchev–Trinajstić information content (AvgIpc) is 2.99. The van der Waals surface area contributed by atoms with E-state index in [9.17, 15) is 24.5 Å². The molecule has 0 bridgehead atoms. The van der Waals surface area contributed by atoms with Gasteiger partial charge in [-0.2, -0.15) is 0 Å². The van der Waals surface area contributed by atoms with Crippen LogP contribution in [0.4, 0.5) is 17.1 Å². The van der Waals surface area contributed by atoms with Crippen molar-refractivity contribution in [2.45, 2.75) is 4.90 Å². The number of carbonyl (C=O) groups excluding carboxylic acids is 3. The molecule has 0 aliphatic carbocycles. The first-order valence-electron chi connectivity index (χ1n) is 12.3. The van der Waals surface area contributed by atoms with Crippen molar-refractivity contribution in [2.75, 3.05) is 16.4 Å². The van der Waals surface area contributed by atoms with Gasteiger partial charge in [0.2, 0.25) is 5.91 Å². The molecule has 0 spiro atoms. The lowest BCUT2D eigenvalue weighted by Crippen LogP contribution is -2.30. The predicted octanol–water partition coefficient (Wildman–Crippen LogP) is 7.04. The predicted molar refractivity (Wildman–Crippen MR) is 166 cm³/mol. The van der Waals surface area contributed by atoms with Gasteiger partial charge in [-0.3, -0.25) is 24.5 Å². The molecule has 0 aromatic heterocycles. The highest BCUT2D eigenvalue weighted by Crippen LogP contribution is 2.30. The molecule has 212 valence electrons. The monoisotopic (exact) mass is 620 g/mol. The van der Waals surface area contributed by atoms with E-state index in [1.165, 1.54) is 42.1 Å². The van der Waals surface area contributed by atoms with Crippen LogP contribution in [0, 0.1) is 10.1 Å². The van der Waals surface area contributed by atoms with Crippen LogP contribution >= 0.6 is 35.0 Å². The first kappa shape index (κ1) is 30.3. The molecule has 3 N–H and O–H groups in total. The maximum Gasteiger partial charge on any atom is 0.272 e. The van der Waals surface area contributed by atoms with E-state index < -0.39 is 16.7 Å². The SMILES string of the molecule is O=C(CSc1cccc(NC(=O)/C(=C\c2ccc([N+](=O)[O-])cc2)NC(=O)c2ccccc2)c1)Nc1cccc(Cl)c1Cl. The summed E-state index contributed by atoms with van der Waals surface area (Å²) < 4.78 is 0. The fourth-order valence-electron chi connectivity index (χ4n) is 3.60. The number of nitro groups is 1. The molecule has 4 rings (SSSR count). The van der Waals surface area contributed by atoms with Crippen molar-refractivity contribution in [3.63, 3.8) is 0 Å². The van der Waals surface area contributed by atoms with Crippen molar-refractivity contribution < 1.29 is 19.3 Å². The van der Waals surface area contributed by atoms with E-state index in [-0.39, 0.29) is 28.1 Å². The standard InChI is InChI=1S/C30H22Cl2N4O5S/c31-24-10-5-11-25(28(24)32)34-27(37)18-42-23-9-4-8-21(17-23)33-30(39)26(35-29(38)20-6-2-1-3-7-20)16-19-12-14-22(15-13-19)36(40)41/h1-17H,18H2,(H,33,39)(H,34,37)(H,35,38)/b26-16+. The largest absolute Gasteiger partial charge is 0.324 e. The Morgan fingerprint density at radius 3 is 2.29 bits per heavy atom. The van der Waals surface area contributed by atoms with Crippen LogP contribution in [0.25, 0.3) is 6.08 Å². The van der Waals surface area contributed by atoms with Gasteiger partial charge in [0.15, 0.2) is 0 Å². The van der Waals surface area contributed by atoms with Crippen molar-refractivity contribution >= 4 is 75.8 Å². The van der Waals surface area contributed by atoms with Crippen molar-refractivity contribution in [1.82, 2.24) is 5.32 Å². The number of hydrogen-bond acceptors (Lipinski definition) is 6. The Morgan fingerprint density at radius 2 is 1.57 bits per heavy atom. The highest BCUT2D eigenvalue weighted by Gasteiger charge is 2.16. The van der Waals surface area contributed by atoms with Gasteiger partial charge in [0, 0.05) is 28.3 Å². The number of non-ortho nitro benzene ring substituents is 1. The Balaban J connectivity index is 1.47. The fraction of sp³-hybridized carbons (Fsp3) is 0.0333. The number of thioether (sulfide) groups is 1. The normalized spacial score (nSPS) is 11.0. The quantitative estimate of drug-likeness (QED) is 0.0754. The summed E-state index contributed by atoms with van der Waals surface area (Å²) in [5.41, 5.74) is 1.45. The minimum absolute atomic E-state index is 0.0681. The minimum atomic E-state index is -0.617. The van der Waals surface area contributed by atoms with Crippen molar-refractivity contribution in [3.8, 4) is 0 Å². The molecule has 0 radical (unpaired) electrons. The van der Waals surface area contributed by atoms with Gasteiger partial charge in [-0.15, -0.1) is 11.8 Å². The Labute approximate surface area is 255 Å². The molecular formula is C30H22Cl2N4O5S. The lowest BCUT2D eigenvalue weighted by Gasteiger charge is -2.12. The molecule has 12 heteroatoms. The number of hydrogen-bond donors (Lipinski definition) is 3. The van der Waals surface area contributed by atoms with E-state index in [0.717, 1.165) is 0 Å². The zero-order valence-corrected chi connectivity index (χ0v) is 24.0. The van der Waals surface area contributed by atoms with Gasteiger partial charge in [-0.1, -0.05) is 53.5 Å². The first-order valence-corrected chi connectivity index (χ1v) is 14.0. The van der Waals surface area contributed by atoms with Crippen LogP contribution in [0.5, 0.6) is 0 Å². The summed E-state index contributed by atoms with van der Waals surface area (Å²) in [4.78, 5) is 49.8. The highest BCUT2D eigenvalue weighted by molar-refractivity contribution is 8.00. The van der Waals surface area contributed by atoms with Gasteiger partial charge in [-0.05, 0) is 66.2 Å². The lowest BCUT2D eigenvalue weighted by atomic mass is 10.1. The van der Waals surface area contributed by atoms with Crippen LogP contribution in [-0.2, 0) is 9.59 Å². The van der Waals surface area contributed by atoms with E-state index >= 15 is 0 Å². The summed E-state index contributed by atoms with van der Waals surface area (Å²) in [7, 11) is 0. The van der Waals surface area contributed by atoms with Gasteiger partial charge < -0.3 is 16.0 Å². The number of carbonyl (C=O) groups is 3. The number of benzene rings is 4. The summed E-state index contributed by atoms with van der Waals surface area (Å²) in [6.45, 7) is 0. The van der Waals surface area contributed by atoms with Crippen molar-refractivity contribution in [3.05, 3.63) is 134 Å². The molecule has 42 heavy (non-hydrogen) atoms. The zero-order chi connectivity index (χ0) is 30.1. The van der Waals surface area contributed by atoms with E-state index in [4.69, 9.17) is 23.2 Å². The molecule has 0 aliphatic rings. The summed E-state index contributed by atoms with van der Waals surface area (Å²) in [6.07, 6.45) is 1.42. The molecule has 0 atom stereocenters. The Hall–Kier alpha value is -4.64. The number of nitro benzene ring substituents is 1. The third kappa shape index (κ3) is 8.43. The summed E-state index contributed by atoms with van der Waals surface area (Å²) >= 11 is 13.4. The summed E-state index contributed by atoms with van der Waals surface area (Å²) in [5, 5.41) is 19.7. The third-order valence-corrected chi connectivity index (χ3v) is 7.44. The maximum atomic E-state index is 13.3. The number of nitrogens with one attached hydrogen (secondary N) is 3. The number of nitrogens with zero attached hydrogens (tertiary/aromatic N) is 1. The molecule has 4 aromatic carbocycles. The molecule has 0 fully saturated rings. The molecule has 0 saturated heterocycles. The number of rotatable bonds is 10. The number of amides is 3. The minimum Gasteiger partial charge on any atom is -0.324 e. The van der Waals surface area contributed by atoms with E-state index in [2.05, 4.69) is 16.0 Å². The molecule has 9 nitrogen and oxygen atoms in total. The smallest absolute Gasteiger partial charge is 0.272 e. The van der Waals surface area contributed by atoms with Crippen molar-refractivity contribution in [2.24, 2.45) is 0 Å². The summed E-state index contributed by atoms with van der Waals surface area (Å²) in [6, 6.07) is 25.7. The first-order chi connectivity index (χ1) is 20.2. The number of halogens is 2. The third-order valence-electron chi connectivity index (χ3n) is 5.63. The Morgan fingerprint density at radius 1 is 0.857 bits per heavy atom. The Kier molecular flexibility index (Phi) is 10.3. The zero-order valence-electron chi connectivity index (χ0n) is 21.7. The maximum absolute atomic E-state index is 13.3. The van der Waals surface area contributed by atoms with Crippen LogP contribution in [0.1, 0.15) is 15.9 Å². The van der Waals surface area contributed by atoms with Gasteiger partial charge in [0.05, 0.1) is 26.4 Å². The fourth-order valence-corrected chi connectivity index (χ4v) is 4.70. The van der Waals surface area contributed by atoms with Gasteiger partial charge >= 0.3 is 0 Å². The molecule has 0 aliphatic heterocycles. The van der Waals surface area contributed by atoms with E-state index in [1.807, 2.05) is 0 Å². The summed E-state index contributed by atoms with van der Waals surface area (Å²) in [5.74, 6) is -1.35. The molecule has 0 unspecified atom stereocenters. The topological polar surface area (TPSA) is 130 Å². The molecule has 3 amide bonds. The van der Waals surface area contributed by atoms with Crippen LogP contribution in [0.15, 0.2) is 108 Å². The van der Waals surface area contributed by atoms with E-state index in [0.29, 0.717) is 32.4 Å².